The number of nitrogens with one attached hydrogen (secondary N) is 1. The highest BCUT2D eigenvalue weighted by molar-refractivity contribution is 4.70. The van der Waals surface area contributed by atoms with E-state index in [4.69, 9.17) is 4.74 Å². The van der Waals surface area contributed by atoms with Gasteiger partial charge in [0, 0.05) is 18.7 Å². The number of rotatable bonds is 7. The summed E-state index contributed by atoms with van der Waals surface area (Å²) in [5.41, 5.74) is 0. The molecule has 1 N–H and O–H groups in total. The third kappa shape index (κ3) is 5.50. The second kappa shape index (κ2) is 7.20. The number of unbranched alkanes of at least 4 members (excludes halogenated alkanes) is 1. The fraction of sp³-hybridized carbons (Fsp3) is 1.00. The van der Waals surface area contributed by atoms with Crippen molar-refractivity contribution in [1.82, 2.24) is 10.2 Å². The van der Waals surface area contributed by atoms with Crippen molar-refractivity contribution in [3.8, 4) is 0 Å². The smallest absolute Gasteiger partial charge is 0.0620 e. The molecule has 1 aliphatic heterocycles. The molecule has 1 unspecified atom stereocenters. The molecule has 0 radical (unpaired) electrons. The molecular formula is C12H26N2O. The number of hydrogen-bond acceptors (Lipinski definition) is 3. The Labute approximate surface area is 94.2 Å². The molecule has 1 heterocycles. The van der Waals surface area contributed by atoms with E-state index in [-0.39, 0.29) is 0 Å². The van der Waals surface area contributed by atoms with Crippen LogP contribution in [-0.4, -0.2) is 50.3 Å². The van der Waals surface area contributed by atoms with Gasteiger partial charge in [-0.25, -0.2) is 0 Å². The summed E-state index contributed by atoms with van der Waals surface area (Å²) in [7, 11) is 2.20. The number of ether oxygens (including phenoxy) is 1. The van der Waals surface area contributed by atoms with Gasteiger partial charge in [0.1, 0.15) is 0 Å². The number of nitrogens with zero attached hydrogens (tertiary/aromatic N) is 1. The Morgan fingerprint density at radius 1 is 1.40 bits per heavy atom. The van der Waals surface area contributed by atoms with Crippen molar-refractivity contribution in [2.45, 2.75) is 45.2 Å². The first-order valence-corrected chi connectivity index (χ1v) is 6.21. The Morgan fingerprint density at radius 3 is 2.80 bits per heavy atom. The molecule has 0 aromatic rings. The Morgan fingerprint density at radius 2 is 2.20 bits per heavy atom. The topological polar surface area (TPSA) is 24.5 Å². The molecule has 0 bridgehead atoms. The van der Waals surface area contributed by atoms with Crippen molar-refractivity contribution < 1.29 is 4.74 Å². The van der Waals surface area contributed by atoms with E-state index in [9.17, 15) is 0 Å². The van der Waals surface area contributed by atoms with Crippen LogP contribution in [0.3, 0.4) is 0 Å². The maximum absolute atomic E-state index is 5.31. The lowest BCUT2D eigenvalue weighted by Gasteiger charge is -2.20. The summed E-state index contributed by atoms with van der Waals surface area (Å²) in [5, 5.41) is 3.54. The highest BCUT2D eigenvalue weighted by atomic mass is 16.5. The minimum atomic E-state index is 0.618. The van der Waals surface area contributed by atoms with Gasteiger partial charge in [0.25, 0.3) is 0 Å². The normalized spacial score (nSPS) is 21.8. The summed E-state index contributed by atoms with van der Waals surface area (Å²) in [6.45, 7) is 8.68. The molecular weight excluding hydrogens is 188 g/mol. The van der Waals surface area contributed by atoms with E-state index < -0.39 is 0 Å². The molecule has 15 heavy (non-hydrogen) atoms. The molecule has 0 spiro atoms. The molecule has 0 aromatic carbocycles. The van der Waals surface area contributed by atoms with Gasteiger partial charge < -0.3 is 15.0 Å². The average molecular weight is 214 g/mol. The molecule has 3 heteroatoms. The summed E-state index contributed by atoms with van der Waals surface area (Å²) in [4.78, 5) is 2.40. The zero-order chi connectivity index (χ0) is 11.1. The van der Waals surface area contributed by atoms with Crippen LogP contribution < -0.4 is 5.32 Å². The van der Waals surface area contributed by atoms with Gasteiger partial charge in [-0.15, -0.1) is 0 Å². The molecule has 1 atom stereocenters. The Balaban J connectivity index is 1.88. The van der Waals surface area contributed by atoms with E-state index in [1.807, 2.05) is 0 Å². The quantitative estimate of drug-likeness (QED) is 0.650. The summed E-state index contributed by atoms with van der Waals surface area (Å²) in [6.07, 6.45) is 3.74. The van der Waals surface area contributed by atoms with E-state index >= 15 is 0 Å². The van der Waals surface area contributed by atoms with Crippen molar-refractivity contribution >= 4 is 0 Å². The standard InChI is InChI=1S/C12H26N2O/c1-11(2)14(3)8-5-4-7-13-12-6-9-15-10-12/h11-13H,4-10H2,1-3H3. The summed E-state index contributed by atoms with van der Waals surface area (Å²) < 4.78 is 5.31. The monoisotopic (exact) mass is 214 g/mol. The van der Waals surface area contributed by atoms with Crippen molar-refractivity contribution in [2.75, 3.05) is 33.4 Å². The van der Waals surface area contributed by atoms with Crippen LogP contribution in [0, 0.1) is 0 Å². The molecule has 0 aliphatic carbocycles. The SMILES string of the molecule is CC(C)N(C)CCCCNC1CCOC1. The fourth-order valence-electron chi connectivity index (χ4n) is 1.75. The molecule has 1 rings (SSSR count). The zero-order valence-electron chi connectivity index (χ0n) is 10.5. The van der Waals surface area contributed by atoms with Gasteiger partial charge in [0.2, 0.25) is 0 Å². The average Bonchev–Trinajstić information content (AvgIpc) is 2.69. The molecule has 0 amide bonds. The highest BCUT2D eigenvalue weighted by Gasteiger charge is 2.13. The number of hydrogen-bond donors (Lipinski definition) is 1. The first kappa shape index (κ1) is 12.9. The van der Waals surface area contributed by atoms with Crippen molar-refractivity contribution in [2.24, 2.45) is 0 Å². The molecule has 1 saturated heterocycles. The van der Waals surface area contributed by atoms with Crippen LogP contribution >= 0.6 is 0 Å². The maximum Gasteiger partial charge on any atom is 0.0620 e. The Bertz CT molecular complexity index is 152. The van der Waals surface area contributed by atoms with E-state index in [1.54, 1.807) is 0 Å². The minimum absolute atomic E-state index is 0.618. The van der Waals surface area contributed by atoms with E-state index in [2.05, 4.69) is 31.1 Å². The van der Waals surface area contributed by atoms with Gasteiger partial charge in [0.05, 0.1) is 6.61 Å². The van der Waals surface area contributed by atoms with Crippen LogP contribution in [0.1, 0.15) is 33.1 Å². The Hall–Kier alpha value is -0.120. The lowest BCUT2D eigenvalue weighted by molar-refractivity contribution is 0.189. The largest absolute Gasteiger partial charge is 0.380 e. The third-order valence-corrected chi connectivity index (χ3v) is 3.18. The maximum atomic E-state index is 5.31. The summed E-state index contributed by atoms with van der Waals surface area (Å²) in [6, 6.07) is 1.29. The Kier molecular flexibility index (Phi) is 6.22. The lowest BCUT2D eigenvalue weighted by atomic mass is 10.2. The van der Waals surface area contributed by atoms with Gasteiger partial charge in [-0.1, -0.05) is 0 Å². The molecule has 0 aromatic heterocycles. The predicted octanol–water partition coefficient (Wildman–Crippen LogP) is 1.49. The van der Waals surface area contributed by atoms with Crippen LogP contribution in [0.2, 0.25) is 0 Å². The molecule has 0 saturated carbocycles. The van der Waals surface area contributed by atoms with E-state index in [0.717, 1.165) is 19.8 Å². The first-order chi connectivity index (χ1) is 7.20. The molecule has 1 aliphatic rings. The van der Waals surface area contributed by atoms with Crippen LogP contribution in [0.25, 0.3) is 0 Å². The van der Waals surface area contributed by atoms with Crippen molar-refractivity contribution in [3.05, 3.63) is 0 Å². The van der Waals surface area contributed by atoms with Crippen LogP contribution in [-0.2, 0) is 4.74 Å². The van der Waals surface area contributed by atoms with Crippen LogP contribution in [0.15, 0.2) is 0 Å². The first-order valence-electron chi connectivity index (χ1n) is 6.21. The van der Waals surface area contributed by atoms with Crippen LogP contribution in [0.4, 0.5) is 0 Å². The molecule has 3 nitrogen and oxygen atoms in total. The molecule has 1 fully saturated rings. The third-order valence-electron chi connectivity index (χ3n) is 3.18. The van der Waals surface area contributed by atoms with E-state index in [1.165, 1.54) is 25.8 Å². The van der Waals surface area contributed by atoms with Crippen LogP contribution in [0.5, 0.6) is 0 Å². The van der Waals surface area contributed by atoms with E-state index in [0.29, 0.717) is 12.1 Å². The minimum Gasteiger partial charge on any atom is -0.380 e. The van der Waals surface area contributed by atoms with Crippen molar-refractivity contribution in [1.29, 1.82) is 0 Å². The van der Waals surface area contributed by atoms with Gasteiger partial charge in [-0.3, -0.25) is 0 Å². The van der Waals surface area contributed by atoms with Gasteiger partial charge in [-0.2, -0.15) is 0 Å². The fourth-order valence-corrected chi connectivity index (χ4v) is 1.75. The van der Waals surface area contributed by atoms with Gasteiger partial charge in [-0.05, 0) is 53.2 Å². The predicted molar refractivity (Wildman–Crippen MR) is 64.2 cm³/mol. The summed E-state index contributed by atoms with van der Waals surface area (Å²) >= 11 is 0. The van der Waals surface area contributed by atoms with Crippen molar-refractivity contribution in [3.63, 3.8) is 0 Å². The second-order valence-corrected chi connectivity index (χ2v) is 4.80. The highest BCUT2D eigenvalue weighted by Crippen LogP contribution is 2.03. The molecule has 90 valence electrons. The van der Waals surface area contributed by atoms with Gasteiger partial charge >= 0.3 is 0 Å². The summed E-state index contributed by atoms with van der Waals surface area (Å²) in [5.74, 6) is 0. The lowest BCUT2D eigenvalue weighted by Crippen LogP contribution is -2.31. The van der Waals surface area contributed by atoms with Gasteiger partial charge in [0.15, 0.2) is 0 Å². The zero-order valence-corrected chi connectivity index (χ0v) is 10.5. The second-order valence-electron chi connectivity index (χ2n) is 4.80.